The average Bonchev–Trinajstić information content (AvgIpc) is 2.72. The number of H-pyrrole nitrogens is 1. The molecule has 0 atom stereocenters. The SMILES string of the molecule is COc1ccc(CNC(=O)c2ccc(-c3ccc(Cl)cc3)[nH]c2=O)cc1OC. The zero-order chi connectivity index (χ0) is 20.1. The summed E-state index contributed by atoms with van der Waals surface area (Å²) in [5.41, 5.74) is 1.81. The molecule has 2 N–H and O–H groups in total. The number of carbonyl (C=O) groups is 1. The van der Waals surface area contributed by atoms with Gasteiger partial charge in [0.1, 0.15) is 5.56 Å². The molecule has 1 amide bonds. The standard InChI is InChI=1S/C21H19ClN2O4/c1-27-18-10-3-13(11-19(18)28-2)12-23-20(25)16-8-9-17(24-21(16)26)14-4-6-15(22)7-5-14/h3-11H,12H2,1-2H3,(H,23,25)(H,24,26). The monoisotopic (exact) mass is 398 g/mol. The Morgan fingerprint density at radius 2 is 1.71 bits per heavy atom. The highest BCUT2D eigenvalue weighted by Gasteiger charge is 2.12. The molecule has 7 heteroatoms. The molecule has 144 valence electrons. The van der Waals surface area contributed by atoms with Crippen LogP contribution in [0.25, 0.3) is 11.3 Å². The lowest BCUT2D eigenvalue weighted by Crippen LogP contribution is -2.29. The number of methoxy groups -OCH3 is 2. The van der Waals surface area contributed by atoms with E-state index in [1.165, 1.54) is 6.07 Å². The Kier molecular flexibility index (Phi) is 6.01. The maximum absolute atomic E-state index is 12.4. The van der Waals surface area contributed by atoms with E-state index >= 15 is 0 Å². The molecule has 0 bridgehead atoms. The summed E-state index contributed by atoms with van der Waals surface area (Å²) < 4.78 is 10.4. The lowest BCUT2D eigenvalue weighted by molar-refractivity contribution is 0.0949. The van der Waals surface area contributed by atoms with Crippen LogP contribution >= 0.6 is 11.6 Å². The maximum Gasteiger partial charge on any atom is 0.261 e. The third-order valence-electron chi connectivity index (χ3n) is 4.21. The van der Waals surface area contributed by atoms with Gasteiger partial charge in [0.2, 0.25) is 0 Å². The van der Waals surface area contributed by atoms with E-state index in [9.17, 15) is 9.59 Å². The van der Waals surface area contributed by atoms with Crippen LogP contribution in [0.2, 0.25) is 5.02 Å². The molecule has 3 rings (SSSR count). The first kappa shape index (κ1) is 19.5. The van der Waals surface area contributed by atoms with Crippen molar-refractivity contribution in [2.24, 2.45) is 0 Å². The first-order valence-electron chi connectivity index (χ1n) is 8.50. The average molecular weight is 399 g/mol. The molecule has 0 fully saturated rings. The quantitative estimate of drug-likeness (QED) is 0.664. The minimum Gasteiger partial charge on any atom is -0.493 e. The van der Waals surface area contributed by atoms with Crippen molar-refractivity contribution in [1.82, 2.24) is 10.3 Å². The highest BCUT2D eigenvalue weighted by molar-refractivity contribution is 6.30. The van der Waals surface area contributed by atoms with Crippen molar-refractivity contribution in [1.29, 1.82) is 0 Å². The van der Waals surface area contributed by atoms with Crippen molar-refractivity contribution in [2.45, 2.75) is 6.54 Å². The van der Waals surface area contributed by atoms with Gasteiger partial charge in [-0.2, -0.15) is 0 Å². The molecule has 0 aliphatic heterocycles. The lowest BCUT2D eigenvalue weighted by Gasteiger charge is -2.10. The van der Waals surface area contributed by atoms with Crippen molar-refractivity contribution >= 4 is 17.5 Å². The summed E-state index contributed by atoms with van der Waals surface area (Å²) >= 11 is 5.88. The van der Waals surface area contributed by atoms with Crippen LogP contribution in [0, 0.1) is 0 Å². The van der Waals surface area contributed by atoms with Crippen LogP contribution in [0.1, 0.15) is 15.9 Å². The molecule has 0 aliphatic carbocycles. The summed E-state index contributed by atoms with van der Waals surface area (Å²) in [6.07, 6.45) is 0. The van der Waals surface area contributed by atoms with Gasteiger partial charge in [0, 0.05) is 17.3 Å². The lowest BCUT2D eigenvalue weighted by atomic mass is 10.1. The van der Waals surface area contributed by atoms with Crippen LogP contribution in [0.4, 0.5) is 0 Å². The van der Waals surface area contributed by atoms with Gasteiger partial charge in [-0.05, 0) is 47.5 Å². The van der Waals surface area contributed by atoms with Gasteiger partial charge in [0.15, 0.2) is 11.5 Å². The Morgan fingerprint density at radius 1 is 1.00 bits per heavy atom. The molecule has 28 heavy (non-hydrogen) atoms. The van der Waals surface area contributed by atoms with E-state index < -0.39 is 11.5 Å². The van der Waals surface area contributed by atoms with E-state index in [0.717, 1.165) is 11.1 Å². The van der Waals surface area contributed by atoms with Crippen molar-refractivity contribution in [3.05, 3.63) is 81.1 Å². The number of ether oxygens (including phenoxy) is 2. The molecule has 2 aromatic carbocycles. The Balaban J connectivity index is 1.72. The van der Waals surface area contributed by atoms with Crippen LogP contribution in [0.3, 0.4) is 0 Å². The number of benzene rings is 2. The maximum atomic E-state index is 12.4. The van der Waals surface area contributed by atoms with Crippen LogP contribution in [0.5, 0.6) is 11.5 Å². The molecule has 0 unspecified atom stereocenters. The Morgan fingerprint density at radius 3 is 2.36 bits per heavy atom. The van der Waals surface area contributed by atoms with Crippen molar-refractivity contribution in [3.63, 3.8) is 0 Å². The second kappa shape index (κ2) is 8.63. The molecular weight excluding hydrogens is 380 g/mol. The fourth-order valence-corrected chi connectivity index (χ4v) is 2.84. The Bertz CT molecular complexity index is 1050. The largest absolute Gasteiger partial charge is 0.493 e. The highest BCUT2D eigenvalue weighted by atomic mass is 35.5. The van der Waals surface area contributed by atoms with Gasteiger partial charge < -0.3 is 19.8 Å². The van der Waals surface area contributed by atoms with Gasteiger partial charge in [-0.3, -0.25) is 9.59 Å². The molecule has 1 heterocycles. The summed E-state index contributed by atoms with van der Waals surface area (Å²) in [5.74, 6) is 0.713. The third kappa shape index (κ3) is 4.35. The molecule has 0 spiro atoms. The summed E-state index contributed by atoms with van der Waals surface area (Å²) in [7, 11) is 3.10. The van der Waals surface area contributed by atoms with Gasteiger partial charge in [-0.1, -0.05) is 29.8 Å². The van der Waals surface area contributed by atoms with Crippen LogP contribution in [0.15, 0.2) is 59.4 Å². The van der Waals surface area contributed by atoms with Crippen molar-refractivity contribution in [2.75, 3.05) is 14.2 Å². The van der Waals surface area contributed by atoms with Gasteiger partial charge in [0.05, 0.1) is 14.2 Å². The molecular formula is C21H19ClN2O4. The fourth-order valence-electron chi connectivity index (χ4n) is 2.72. The Labute approximate surface area is 167 Å². The van der Waals surface area contributed by atoms with Crippen LogP contribution < -0.4 is 20.3 Å². The molecule has 6 nitrogen and oxygen atoms in total. The van der Waals surface area contributed by atoms with E-state index in [0.29, 0.717) is 22.2 Å². The molecule has 3 aromatic rings. The summed E-state index contributed by atoms with van der Waals surface area (Å²) in [4.78, 5) is 27.5. The van der Waals surface area contributed by atoms with Crippen LogP contribution in [-0.4, -0.2) is 25.1 Å². The number of nitrogens with one attached hydrogen (secondary N) is 2. The van der Waals surface area contributed by atoms with Gasteiger partial charge in [0.25, 0.3) is 11.5 Å². The van der Waals surface area contributed by atoms with Crippen LogP contribution in [-0.2, 0) is 6.54 Å². The van der Waals surface area contributed by atoms with Gasteiger partial charge in [-0.15, -0.1) is 0 Å². The second-order valence-corrected chi connectivity index (χ2v) is 6.43. The first-order valence-corrected chi connectivity index (χ1v) is 8.88. The second-order valence-electron chi connectivity index (χ2n) is 5.99. The topological polar surface area (TPSA) is 80.4 Å². The minimum atomic E-state index is -0.461. The number of rotatable bonds is 6. The van der Waals surface area contributed by atoms with E-state index in [1.807, 2.05) is 6.07 Å². The van der Waals surface area contributed by atoms with Gasteiger partial charge in [-0.25, -0.2) is 0 Å². The fraction of sp³-hybridized carbons (Fsp3) is 0.143. The molecule has 0 saturated carbocycles. The summed E-state index contributed by atoms with van der Waals surface area (Å²) in [6.45, 7) is 0.248. The number of aromatic nitrogens is 1. The highest BCUT2D eigenvalue weighted by Crippen LogP contribution is 2.27. The predicted octanol–water partition coefficient (Wildman–Crippen LogP) is 3.64. The smallest absolute Gasteiger partial charge is 0.261 e. The number of aromatic amines is 1. The Hall–Kier alpha value is -3.25. The normalized spacial score (nSPS) is 10.4. The molecule has 0 aliphatic rings. The number of pyridine rings is 1. The first-order chi connectivity index (χ1) is 13.5. The number of carbonyl (C=O) groups excluding carboxylic acids is 1. The number of amides is 1. The molecule has 0 radical (unpaired) electrons. The summed E-state index contributed by atoms with van der Waals surface area (Å²) in [6, 6.07) is 15.6. The van der Waals surface area contributed by atoms with E-state index in [1.54, 1.807) is 56.7 Å². The number of hydrogen-bond donors (Lipinski definition) is 2. The zero-order valence-electron chi connectivity index (χ0n) is 15.4. The summed E-state index contributed by atoms with van der Waals surface area (Å²) in [5, 5.41) is 3.35. The van der Waals surface area contributed by atoms with Crippen molar-refractivity contribution < 1.29 is 14.3 Å². The minimum absolute atomic E-state index is 0.0400. The molecule has 1 aromatic heterocycles. The van der Waals surface area contributed by atoms with Crippen molar-refractivity contribution in [3.8, 4) is 22.8 Å². The van der Waals surface area contributed by atoms with E-state index in [-0.39, 0.29) is 12.1 Å². The van der Waals surface area contributed by atoms with Gasteiger partial charge >= 0.3 is 0 Å². The molecule has 0 saturated heterocycles. The number of halogens is 1. The van der Waals surface area contributed by atoms with E-state index in [4.69, 9.17) is 21.1 Å². The zero-order valence-corrected chi connectivity index (χ0v) is 16.2. The van der Waals surface area contributed by atoms with E-state index in [2.05, 4.69) is 10.3 Å². The number of hydrogen-bond acceptors (Lipinski definition) is 4. The third-order valence-corrected chi connectivity index (χ3v) is 4.46. The predicted molar refractivity (Wildman–Crippen MR) is 108 cm³/mol.